The second kappa shape index (κ2) is 9.34. The van der Waals surface area contributed by atoms with Crippen LogP contribution in [0.1, 0.15) is 61.9 Å². The average Bonchev–Trinajstić information content (AvgIpc) is 3.71. The van der Waals surface area contributed by atoms with Crippen molar-refractivity contribution < 1.29 is 17.9 Å². The van der Waals surface area contributed by atoms with Crippen LogP contribution in [0.2, 0.25) is 0 Å². The van der Waals surface area contributed by atoms with Gasteiger partial charge in [-0.3, -0.25) is 9.88 Å². The number of carbonyl (C=O) groups is 1. The molecule has 1 spiro atoms. The van der Waals surface area contributed by atoms with Crippen LogP contribution in [0.25, 0.3) is 11.1 Å². The summed E-state index contributed by atoms with van der Waals surface area (Å²) in [5.41, 5.74) is 5.70. The minimum Gasteiger partial charge on any atom is -0.480 e. The molecule has 3 aliphatic rings. The standard InChI is InChI=1S/C28H31N5O4S/c1-3-38(35,36)21-9-8-20(29-15-21)14-30-27(34)33-16-28(11-4-12-28)22-13-19(7-10-23(22)33)24-25(18-5-6-18)31-17-32-26(24)37-2/h7-10,13,15,17-18H,3-6,11-12,14,16H2,1-2H3,(H,30,34). The van der Waals surface area contributed by atoms with Crippen LogP contribution in [-0.4, -0.2) is 48.8 Å². The molecule has 9 nitrogen and oxygen atoms in total. The monoisotopic (exact) mass is 533 g/mol. The van der Waals surface area contributed by atoms with Gasteiger partial charge in [-0.1, -0.05) is 19.4 Å². The van der Waals surface area contributed by atoms with Crippen molar-refractivity contribution in [1.82, 2.24) is 20.3 Å². The van der Waals surface area contributed by atoms with Crippen LogP contribution in [0.5, 0.6) is 5.88 Å². The number of aromatic nitrogens is 3. The fourth-order valence-electron chi connectivity index (χ4n) is 5.64. The first-order valence-electron chi connectivity index (χ1n) is 13.1. The quantitative estimate of drug-likeness (QED) is 0.480. The molecule has 2 saturated carbocycles. The van der Waals surface area contributed by atoms with Gasteiger partial charge in [-0.05, 0) is 61.1 Å². The molecule has 3 heterocycles. The summed E-state index contributed by atoms with van der Waals surface area (Å²) in [6.45, 7) is 2.45. The van der Waals surface area contributed by atoms with E-state index in [9.17, 15) is 13.2 Å². The predicted octanol–water partition coefficient (Wildman–Crippen LogP) is 4.37. The number of nitrogens with one attached hydrogen (secondary N) is 1. The average molecular weight is 534 g/mol. The van der Waals surface area contributed by atoms with Crippen LogP contribution in [0.4, 0.5) is 10.5 Å². The minimum atomic E-state index is -3.31. The van der Waals surface area contributed by atoms with Crippen LogP contribution >= 0.6 is 0 Å². The number of urea groups is 1. The highest BCUT2D eigenvalue weighted by atomic mass is 32.2. The van der Waals surface area contributed by atoms with Crippen LogP contribution in [-0.2, 0) is 21.8 Å². The first-order valence-corrected chi connectivity index (χ1v) is 14.8. The van der Waals surface area contributed by atoms with Crippen molar-refractivity contribution >= 4 is 21.6 Å². The number of benzene rings is 1. The number of fused-ring (bicyclic) bond motifs is 2. The Bertz CT molecular complexity index is 1500. The van der Waals surface area contributed by atoms with Crippen molar-refractivity contribution in [3.05, 3.63) is 59.8 Å². The fourth-order valence-corrected chi connectivity index (χ4v) is 6.46. The Morgan fingerprint density at radius 2 is 1.97 bits per heavy atom. The normalized spacial score (nSPS) is 17.7. The Hall–Kier alpha value is -3.53. The van der Waals surface area contributed by atoms with Gasteiger partial charge in [0.2, 0.25) is 5.88 Å². The fraction of sp³-hybridized carbons (Fsp3) is 0.429. The molecule has 1 aromatic carbocycles. The summed E-state index contributed by atoms with van der Waals surface area (Å²) in [4.78, 5) is 28.6. The van der Waals surface area contributed by atoms with Gasteiger partial charge in [0.25, 0.3) is 0 Å². The number of methoxy groups -OCH3 is 1. The van der Waals surface area contributed by atoms with Gasteiger partial charge in [0.1, 0.15) is 6.33 Å². The third-order valence-electron chi connectivity index (χ3n) is 8.12. The summed E-state index contributed by atoms with van der Waals surface area (Å²) >= 11 is 0. The number of pyridine rings is 1. The molecule has 198 valence electrons. The largest absolute Gasteiger partial charge is 0.480 e. The van der Waals surface area contributed by atoms with E-state index in [0.717, 1.165) is 54.6 Å². The van der Waals surface area contributed by atoms with E-state index in [-0.39, 0.29) is 28.6 Å². The minimum absolute atomic E-state index is 0.0224. The number of hydrogen-bond donors (Lipinski definition) is 1. The Balaban J connectivity index is 1.26. The second-order valence-corrected chi connectivity index (χ2v) is 12.7. The Labute approximate surface area is 222 Å². The lowest BCUT2D eigenvalue weighted by molar-refractivity contribution is 0.235. The summed E-state index contributed by atoms with van der Waals surface area (Å²) in [6.07, 6.45) is 8.41. The van der Waals surface area contributed by atoms with Gasteiger partial charge in [-0.2, -0.15) is 0 Å². The summed E-state index contributed by atoms with van der Waals surface area (Å²) in [7, 11) is -1.67. The SMILES string of the molecule is CCS(=O)(=O)c1ccc(CNC(=O)N2CC3(CCC3)c3cc(-c4c(OC)ncnc4C4CC4)ccc32)nc1. The molecule has 0 bridgehead atoms. The van der Waals surface area contributed by atoms with Crippen molar-refractivity contribution in [2.75, 3.05) is 24.3 Å². The highest BCUT2D eigenvalue weighted by Gasteiger charge is 2.48. The first kappa shape index (κ1) is 24.8. The molecule has 2 amide bonds. The summed E-state index contributed by atoms with van der Waals surface area (Å²) in [5.74, 6) is 1.05. The van der Waals surface area contributed by atoms with Crippen LogP contribution < -0.4 is 15.0 Å². The van der Waals surface area contributed by atoms with Gasteiger partial charge in [-0.15, -0.1) is 0 Å². The Morgan fingerprint density at radius 3 is 2.61 bits per heavy atom. The number of amides is 2. The topological polar surface area (TPSA) is 114 Å². The lowest BCUT2D eigenvalue weighted by Crippen LogP contribution is -2.45. The molecule has 3 aromatic rings. The Kier molecular flexibility index (Phi) is 6.09. The number of carbonyl (C=O) groups excluding carboxylic acids is 1. The first-order chi connectivity index (χ1) is 18.3. The number of nitrogens with zero attached hydrogens (tertiary/aromatic N) is 4. The maximum Gasteiger partial charge on any atom is 0.322 e. The van der Waals surface area contributed by atoms with Gasteiger partial charge in [0, 0.05) is 29.8 Å². The lowest BCUT2D eigenvalue weighted by Gasteiger charge is -2.39. The second-order valence-electron chi connectivity index (χ2n) is 10.4. The molecule has 0 atom stereocenters. The van der Waals surface area contributed by atoms with Crippen molar-refractivity contribution in [2.24, 2.45) is 0 Å². The molecule has 0 unspecified atom stereocenters. The molecule has 0 radical (unpaired) electrons. The third-order valence-corrected chi connectivity index (χ3v) is 9.84. The van der Waals surface area contributed by atoms with E-state index in [1.54, 1.807) is 32.5 Å². The molecule has 2 fully saturated rings. The molecule has 10 heteroatoms. The van der Waals surface area contributed by atoms with Crippen molar-refractivity contribution in [1.29, 1.82) is 0 Å². The zero-order chi connectivity index (χ0) is 26.5. The molecule has 1 N–H and O–H groups in total. The van der Waals surface area contributed by atoms with E-state index < -0.39 is 9.84 Å². The van der Waals surface area contributed by atoms with Gasteiger partial charge >= 0.3 is 6.03 Å². The molecule has 0 saturated heterocycles. The van der Waals surface area contributed by atoms with Gasteiger partial charge in [0.15, 0.2) is 9.84 Å². The summed E-state index contributed by atoms with van der Waals surface area (Å²) in [6, 6.07) is 9.29. The van der Waals surface area contributed by atoms with Gasteiger partial charge in [-0.25, -0.2) is 23.2 Å². The highest BCUT2D eigenvalue weighted by Crippen LogP contribution is 2.54. The number of ether oxygens (including phenoxy) is 1. The molecule has 1 aliphatic heterocycles. The van der Waals surface area contributed by atoms with Gasteiger partial charge in [0.05, 0.1) is 41.3 Å². The molecular weight excluding hydrogens is 502 g/mol. The predicted molar refractivity (Wildman–Crippen MR) is 143 cm³/mol. The smallest absolute Gasteiger partial charge is 0.322 e. The third kappa shape index (κ3) is 4.20. The van der Waals surface area contributed by atoms with E-state index in [4.69, 9.17) is 4.74 Å². The number of anilines is 1. The molecule has 6 rings (SSSR count). The summed E-state index contributed by atoms with van der Waals surface area (Å²) in [5, 5.41) is 2.97. The van der Waals surface area contributed by atoms with Crippen molar-refractivity contribution in [3.8, 4) is 17.0 Å². The number of hydrogen-bond acceptors (Lipinski definition) is 7. The zero-order valence-corrected chi connectivity index (χ0v) is 22.4. The van der Waals surface area contributed by atoms with Crippen molar-refractivity contribution in [2.45, 2.75) is 61.8 Å². The number of rotatable bonds is 7. The molecule has 2 aromatic heterocycles. The van der Waals surface area contributed by atoms with E-state index in [1.165, 1.54) is 11.8 Å². The molecule has 2 aliphatic carbocycles. The molecular formula is C28H31N5O4S. The van der Waals surface area contributed by atoms with Crippen molar-refractivity contribution in [3.63, 3.8) is 0 Å². The van der Waals surface area contributed by atoms with Crippen LogP contribution in [0.15, 0.2) is 47.8 Å². The maximum atomic E-state index is 13.3. The molecule has 38 heavy (non-hydrogen) atoms. The number of sulfone groups is 1. The van der Waals surface area contributed by atoms with Gasteiger partial charge < -0.3 is 10.1 Å². The summed E-state index contributed by atoms with van der Waals surface area (Å²) < 4.78 is 29.7. The van der Waals surface area contributed by atoms with E-state index in [0.29, 0.717) is 24.0 Å². The highest BCUT2D eigenvalue weighted by molar-refractivity contribution is 7.91. The van der Waals surface area contributed by atoms with E-state index >= 15 is 0 Å². The Morgan fingerprint density at radius 1 is 1.16 bits per heavy atom. The zero-order valence-electron chi connectivity index (χ0n) is 21.6. The van der Waals surface area contributed by atoms with Crippen LogP contribution in [0.3, 0.4) is 0 Å². The van der Waals surface area contributed by atoms with Crippen LogP contribution in [0, 0.1) is 0 Å². The van der Waals surface area contributed by atoms with E-state index in [1.807, 2.05) is 17.0 Å². The maximum absolute atomic E-state index is 13.3. The lowest BCUT2D eigenvalue weighted by atomic mass is 9.65. The van der Waals surface area contributed by atoms with E-state index in [2.05, 4.69) is 26.3 Å².